The van der Waals surface area contributed by atoms with Crippen LogP contribution in [0.4, 0.5) is 11.4 Å². The van der Waals surface area contributed by atoms with Gasteiger partial charge < -0.3 is 5.32 Å². The number of halogens is 1. The molecule has 0 saturated carbocycles. The second-order valence-corrected chi connectivity index (χ2v) is 9.89. The normalized spacial score (nSPS) is 11.3. The van der Waals surface area contributed by atoms with Gasteiger partial charge in [0.1, 0.15) is 0 Å². The number of nitrogens with zero attached hydrogens (tertiary/aromatic N) is 1. The zero-order valence-electron chi connectivity index (χ0n) is 16.0. The van der Waals surface area contributed by atoms with E-state index in [2.05, 4.69) is 27.9 Å². The van der Waals surface area contributed by atoms with E-state index >= 15 is 0 Å². The minimum Gasteiger partial charge on any atom is -0.326 e. The van der Waals surface area contributed by atoms with Crippen LogP contribution >= 0.6 is 22.6 Å². The fraction of sp³-hybridized carbons (Fsp3) is 0.350. The molecule has 0 spiro atoms. The van der Waals surface area contributed by atoms with Crippen LogP contribution in [0, 0.1) is 24.3 Å². The molecule has 0 aliphatic rings. The van der Waals surface area contributed by atoms with Crippen molar-refractivity contribution in [3.8, 4) is 0 Å². The Bertz CT molecular complexity index is 942. The summed E-state index contributed by atoms with van der Waals surface area (Å²) in [7, 11) is -3.42. The zero-order valence-corrected chi connectivity index (χ0v) is 19.0. The molecule has 2 rings (SSSR count). The van der Waals surface area contributed by atoms with E-state index in [1.165, 1.54) is 10.6 Å². The number of carbonyl (C=O) groups excluding carboxylic acids is 1. The maximum Gasteiger partial charge on any atom is 0.232 e. The Morgan fingerprint density at radius 3 is 2.41 bits per heavy atom. The molecular formula is C20H25IN2O3S. The van der Waals surface area contributed by atoms with Crippen LogP contribution in [0.5, 0.6) is 0 Å². The van der Waals surface area contributed by atoms with Crippen LogP contribution in [0.1, 0.15) is 29.5 Å². The Hall–Kier alpha value is -1.61. The average molecular weight is 500 g/mol. The van der Waals surface area contributed by atoms with Gasteiger partial charge in [0.25, 0.3) is 0 Å². The number of sulfonamides is 1. The maximum absolute atomic E-state index is 12.3. The fourth-order valence-electron chi connectivity index (χ4n) is 2.82. The molecule has 2 aromatic rings. The van der Waals surface area contributed by atoms with Gasteiger partial charge in [0.2, 0.25) is 15.9 Å². The molecular weight excluding hydrogens is 475 g/mol. The van der Waals surface area contributed by atoms with Crippen molar-refractivity contribution in [1.29, 1.82) is 0 Å². The fourth-order valence-corrected chi connectivity index (χ4v) is 4.48. The van der Waals surface area contributed by atoms with Gasteiger partial charge in [-0.15, -0.1) is 0 Å². The smallest absolute Gasteiger partial charge is 0.232 e. The third kappa shape index (κ3) is 6.21. The molecule has 0 aromatic heterocycles. The number of hydrogen-bond donors (Lipinski definition) is 1. The molecule has 0 fully saturated rings. The quantitative estimate of drug-likeness (QED) is 0.574. The summed E-state index contributed by atoms with van der Waals surface area (Å²) in [5.41, 5.74) is 4.35. The second-order valence-electron chi connectivity index (χ2n) is 6.74. The number of nitrogens with one attached hydrogen (secondary N) is 1. The molecule has 1 N–H and O–H groups in total. The van der Waals surface area contributed by atoms with Crippen LogP contribution in [-0.2, 0) is 14.8 Å². The van der Waals surface area contributed by atoms with Crippen molar-refractivity contribution in [2.45, 2.75) is 33.6 Å². The summed E-state index contributed by atoms with van der Waals surface area (Å²) < 4.78 is 27.0. The van der Waals surface area contributed by atoms with Crippen LogP contribution in [0.3, 0.4) is 0 Å². The van der Waals surface area contributed by atoms with Gasteiger partial charge in [0, 0.05) is 22.2 Å². The summed E-state index contributed by atoms with van der Waals surface area (Å²) in [4.78, 5) is 12.3. The molecule has 2 aromatic carbocycles. The highest BCUT2D eigenvalue weighted by molar-refractivity contribution is 14.1. The first-order valence-electron chi connectivity index (χ1n) is 8.69. The number of amides is 1. The molecule has 0 bridgehead atoms. The third-order valence-corrected chi connectivity index (χ3v) is 6.11. The molecule has 7 heteroatoms. The number of hydrogen-bond acceptors (Lipinski definition) is 3. The molecule has 146 valence electrons. The molecule has 0 unspecified atom stereocenters. The van der Waals surface area contributed by atoms with Crippen LogP contribution in [0.15, 0.2) is 36.4 Å². The second kappa shape index (κ2) is 9.05. The highest BCUT2D eigenvalue weighted by atomic mass is 127. The Labute approximate surface area is 175 Å². The molecule has 0 heterocycles. The van der Waals surface area contributed by atoms with E-state index < -0.39 is 10.0 Å². The minimum absolute atomic E-state index is 0.117. The van der Waals surface area contributed by atoms with E-state index in [4.69, 9.17) is 0 Å². The predicted octanol–water partition coefficient (Wildman–Crippen LogP) is 4.40. The predicted molar refractivity (Wildman–Crippen MR) is 120 cm³/mol. The van der Waals surface area contributed by atoms with Crippen LogP contribution in [-0.4, -0.2) is 27.1 Å². The first kappa shape index (κ1) is 21.7. The lowest BCUT2D eigenvalue weighted by molar-refractivity contribution is -0.116. The van der Waals surface area contributed by atoms with Gasteiger partial charge in [0.15, 0.2) is 0 Å². The molecule has 0 atom stereocenters. The number of carbonyl (C=O) groups is 1. The number of anilines is 2. The van der Waals surface area contributed by atoms with Crippen molar-refractivity contribution in [1.82, 2.24) is 0 Å². The van der Waals surface area contributed by atoms with Crippen LogP contribution in [0.25, 0.3) is 0 Å². The number of benzene rings is 2. The Kier molecular flexibility index (Phi) is 7.27. The highest BCUT2D eigenvalue weighted by Crippen LogP contribution is 2.24. The Morgan fingerprint density at radius 1 is 1.07 bits per heavy atom. The minimum atomic E-state index is -3.42. The molecule has 5 nitrogen and oxygen atoms in total. The van der Waals surface area contributed by atoms with E-state index in [1.54, 1.807) is 0 Å². The summed E-state index contributed by atoms with van der Waals surface area (Å²) in [5, 5.41) is 2.90. The summed E-state index contributed by atoms with van der Waals surface area (Å²) in [6.07, 6.45) is 1.89. The lowest BCUT2D eigenvalue weighted by Gasteiger charge is -2.24. The molecule has 1 amide bonds. The maximum atomic E-state index is 12.3. The molecule has 0 saturated heterocycles. The van der Waals surface area contributed by atoms with E-state index in [-0.39, 0.29) is 18.9 Å². The van der Waals surface area contributed by atoms with E-state index in [0.29, 0.717) is 12.1 Å². The van der Waals surface area contributed by atoms with Gasteiger partial charge in [0.05, 0.1) is 11.9 Å². The molecule has 0 aliphatic carbocycles. The van der Waals surface area contributed by atoms with Crippen molar-refractivity contribution < 1.29 is 13.2 Å². The average Bonchev–Trinajstić information content (AvgIpc) is 2.56. The lowest BCUT2D eigenvalue weighted by Crippen LogP contribution is -2.32. The Morgan fingerprint density at radius 2 is 1.78 bits per heavy atom. The third-order valence-electron chi connectivity index (χ3n) is 4.26. The van der Waals surface area contributed by atoms with Crippen LogP contribution in [0.2, 0.25) is 0 Å². The van der Waals surface area contributed by atoms with Crippen molar-refractivity contribution in [2.75, 3.05) is 22.4 Å². The van der Waals surface area contributed by atoms with Gasteiger partial charge in [-0.05, 0) is 90.7 Å². The van der Waals surface area contributed by atoms with Crippen molar-refractivity contribution in [3.05, 3.63) is 56.7 Å². The highest BCUT2D eigenvalue weighted by Gasteiger charge is 2.19. The van der Waals surface area contributed by atoms with Crippen molar-refractivity contribution >= 4 is 49.9 Å². The van der Waals surface area contributed by atoms with Crippen LogP contribution < -0.4 is 9.62 Å². The summed E-state index contributed by atoms with van der Waals surface area (Å²) in [5.74, 6) is -0.117. The van der Waals surface area contributed by atoms with Gasteiger partial charge in [-0.3, -0.25) is 9.10 Å². The molecule has 0 radical (unpaired) electrons. The van der Waals surface area contributed by atoms with Crippen molar-refractivity contribution in [2.24, 2.45) is 0 Å². The standard InChI is InChI=1S/C20H25IN2O3S/c1-14-7-8-15(2)19(12-14)23(27(4,25)26)11-5-6-20(24)22-18-10-9-17(21)13-16(18)3/h7-10,12-13H,5-6,11H2,1-4H3,(H,22,24). The number of aryl methyl sites for hydroxylation is 3. The number of rotatable bonds is 7. The monoisotopic (exact) mass is 500 g/mol. The summed E-state index contributed by atoms with van der Waals surface area (Å²) in [6, 6.07) is 11.6. The van der Waals surface area contributed by atoms with E-state index in [9.17, 15) is 13.2 Å². The summed E-state index contributed by atoms with van der Waals surface area (Å²) >= 11 is 2.23. The van der Waals surface area contributed by atoms with Gasteiger partial charge in [-0.25, -0.2) is 8.42 Å². The molecule has 27 heavy (non-hydrogen) atoms. The van der Waals surface area contributed by atoms with Gasteiger partial charge >= 0.3 is 0 Å². The van der Waals surface area contributed by atoms with E-state index in [1.807, 2.05) is 57.2 Å². The lowest BCUT2D eigenvalue weighted by atomic mass is 10.1. The molecule has 0 aliphatic heterocycles. The first-order valence-corrected chi connectivity index (χ1v) is 11.6. The van der Waals surface area contributed by atoms with E-state index in [0.717, 1.165) is 25.9 Å². The topological polar surface area (TPSA) is 66.5 Å². The SMILES string of the molecule is Cc1ccc(C)c(N(CCCC(=O)Nc2ccc(I)cc2C)S(C)(=O)=O)c1. The van der Waals surface area contributed by atoms with Gasteiger partial charge in [-0.2, -0.15) is 0 Å². The van der Waals surface area contributed by atoms with Gasteiger partial charge in [-0.1, -0.05) is 12.1 Å². The Balaban J connectivity index is 2.03. The van der Waals surface area contributed by atoms with Crippen molar-refractivity contribution in [3.63, 3.8) is 0 Å². The first-order chi connectivity index (χ1) is 12.6. The summed E-state index contributed by atoms with van der Waals surface area (Å²) in [6.45, 7) is 6.03. The zero-order chi connectivity index (χ0) is 20.2. The largest absolute Gasteiger partial charge is 0.326 e.